The van der Waals surface area contributed by atoms with Crippen molar-refractivity contribution >= 4 is 36.5 Å². The minimum absolute atomic E-state index is 0. The molecule has 2 aliphatic heterocycles. The molecule has 3 heterocycles. The number of nitrogens with one attached hydrogen (secondary N) is 2. The number of aromatic nitrogens is 1. The lowest BCUT2D eigenvalue weighted by molar-refractivity contribution is -0.123. The van der Waals surface area contributed by atoms with Gasteiger partial charge in [0.2, 0.25) is 5.91 Å². The van der Waals surface area contributed by atoms with E-state index in [0.29, 0.717) is 6.54 Å². The highest BCUT2D eigenvalue weighted by atomic mass is 35.5. The van der Waals surface area contributed by atoms with Crippen LogP contribution >= 0.6 is 24.8 Å². The molecular formula is C17H28Cl2N4O2. The number of anilines is 1. The summed E-state index contributed by atoms with van der Waals surface area (Å²) in [6.45, 7) is 6.04. The van der Waals surface area contributed by atoms with Gasteiger partial charge in [0, 0.05) is 25.8 Å². The van der Waals surface area contributed by atoms with Crippen molar-refractivity contribution < 1.29 is 9.53 Å². The summed E-state index contributed by atoms with van der Waals surface area (Å²) < 4.78 is 5.55. The van der Waals surface area contributed by atoms with Gasteiger partial charge in [0.1, 0.15) is 5.82 Å². The first-order valence-corrected chi connectivity index (χ1v) is 8.55. The third-order valence-corrected chi connectivity index (χ3v) is 4.47. The number of piperidine rings is 1. The molecular weight excluding hydrogens is 363 g/mol. The van der Waals surface area contributed by atoms with E-state index in [1.165, 1.54) is 0 Å². The van der Waals surface area contributed by atoms with Gasteiger partial charge in [0.25, 0.3) is 0 Å². The van der Waals surface area contributed by atoms with E-state index < -0.39 is 0 Å². The Morgan fingerprint density at radius 2 is 2.24 bits per heavy atom. The van der Waals surface area contributed by atoms with Gasteiger partial charge in [-0.15, -0.1) is 24.8 Å². The molecule has 0 bridgehead atoms. The molecule has 2 N–H and O–H groups in total. The van der Waals surface area contributed by atoms with Crippen molar-refractivity contribution in [3.05, 3.63) is 23.9 Å². The number of morpholine rings is 1. The average Bonchev–Trinajstić information content (AvgIpc) is 2.61. The summed E-state index contributed by atoms with van der Waals surface area (Å²) in [7, 11) is 0. The third kappa shape index (κ3) is 6.29. The van der Waals surface area contributed by atoms with Crippen molar-refractivity contribution in [1.82, 2.24) is 15.6 Å². The minimum Gasteiger partial charge on any atom is -0.375 e. The molecule has 2 fully saturated rings. The first kappa shape index (κ1) is 22.0. The molecule has 25 heavy (non-hydrogen) atoms. The second-order valence-electron chi connectivity index (χ2n) is 6.37. The molecule has 2 unspecified atom stereocenters. The van der Waals surface area contributed by atoms with Crippen LogP contribution in [0.5, 0.6) is 0 Å². The summed E-state index contributed by atoms with van der Waals surface area (Å²) in [6.07, 6.45) is 5.31. The van der Waals surface area contributed by atoms with E-state index >= 15 is 0 Å². The van der Waals surface area contributed by atoms with Crippen LogP contribution in [0.1, 0.15) is 31.7 Å². The molecule has 0 spiro atoms. The fourth-order valence-electron chi connectivity index (χ4n) is 3.12. The number of amides is 1. The van der Waals surface area contributed by atoms with E-state index in [4.69, 9.17) is 4.74 Å². The van der Waals surface area contributed by atoms with Gasteiger partial charge in [0.15, 0.2) is 0 Å². The Labute approximate surface area is 161 Å². The number of carbonyl (C=O) groups is 1. The molecule has 8 heteroatoms. The summed E-state index contributed by atoms with van der Waals surface area (Å²) >= 11 is 0. The zero-order valence-corrected chi connectivity index (χ0v) is 16.2. The highest BCUT2D eigenvalue weighted by Crippen LogP contribution is 2.15. The van der Waals surface area contributed by atoms with Crippen LogP contribution in [0.15, 0.2) is 18.3 Å². The molecule has 6 nitrogen and oxygen atoms in total. The number of nitrogens with zero attached hydrogens (tertiary/aromatic N) is 2. The summed E-state index contributed by atoms with van der Waals surface area (Å²) in [5.74, 6) is 1.07. The lowest BCUT2D eigenvalue weighted by Gasteiger charge is -2.32. The number of hydrogen-bond acceptors (Lipinski definition) is 5. The van der Waals surface area contributed by atoms with E-state index in [1.807, 2.05) is 18.3 Å². The number of halogens is 2. The van der Waals surface area contributed by atoms with Crippen LogP contribution in [-0.4, -0.2) is 49.3 Å². The molecule has 1 aromatic rings. The van der Waals surface area contributed by atoms with Gasteiger partial charge >= 0.3 is 0 Å². The summed E-state index contributed by atoms with van der Waals surface area (Å²) in [4.78, 5) is 18.9. The first-order chi connectivity index (χ1) is 11.2. The molecule has 142 valence electrons. The van der Waals surface area contributed by atoms with Gasteiger partial charge in [-0.05, 0) is 37.9 Å². The number of carbonyl (C=O) groups excluding carboxylic acids is 1. The van der Waals surface area contributed by atoms with Crippen molar-refractivity contribution in [2.45, 2.75) is 44.9 Å². The topological polar surface area (TPSA) is 66.5 Å². The van der Waals surface area contributed by atoms with Gasteiger partial charge in [-0.1, -0.05) is 12.5 Å². The largest absolute Gasteiger partial charge is 0.375 e. The van der Waals surface area contributed by atoms with Crippen molar-refractivity contribution in [1.29, 1.82) is 0 Å². The highest BCUT2D eigenvalue weighted by Gasteiger charge is 2.20. The Morgan fingerprint density at radius 3 is 2.88 bits per heavy atom. The lowest BCUT2D eigenvalue weighted by atomic mass is 10.0. The Balaban J connectivity index is 0.00000156. The van der Waals surface area contributed by atoms with Crippen molar-refractivity contribution in [2.75, 3.05) is 31.1 Å². The number of hydrogen-bond donors (Lipinski definition) is 2. The molecule has 0 aromatic carbocycles. The molecule has 2 aliphatic rings. The van der Waals surface area contributed by atoms with E-state index in [0.717, 1.165) is 56.9 Å². The Morgan fingerprint density at radius 1 is 1.40 bits per heavy atom. The number of ether oxygens (including phenoxy) is 1. The van der Waals surface area contributed by atoms with Crippen LogP contribution < -0.4 is 15.5 Å². The highest BCUT2D eigenvalue weighted by molar-refractivity contribution is 5.85. The van der Waals surface area contributed by atoms with Crippen LogP contribution in [0.25, 0.3) is 0 Å². The molecule has 2 atom stereocenters. The van der Waals surface area contributed by atoms with Gasteiger partial charge < -0.3 is 20.3 Å². The summed E-state index contributed by atoms with van der Waals surface area (Å²) in [6, 6.07) is 4.03. The van der Waals surface area contributed by atoms with Gasteiger partial charge in [0.05, 0.1) is 18.8 Å². The summed E-state index contributed by atoms with van der Waals surface area (Å²) in [5, 5.41) is 6.26. The van der Waals surface area contributed by atoms with E-state index in [1.54, 1.807) is 0 Å². The van der Waals surface area contributed by atoms with E-state index in [9.17, 15) is 4.79 Å². The SMILES string of the molecule is CC1CN(c2ccc(CNC(=O)C3CCCCN3)cn2)CCO1.Cl.Cl. The van der Waals surface area contributed by atoms with Crippen LogP contribution in [0, 0.1) is 0 Å². The molecule has 1 amide bonds. The van der Waals surface area contributed by atoms with Gasteiger partial charge in [-0.2, -0.15) is 0 Å². The Kier molecular flexibility index (Phi) is 9.50. The number of rotatable bonds is 4. The normalized spacial score (nSPS) is 23.2. The van der Waals surface area contributed by atoms with Crippen LogP contribution in [-0.2, 0) is 16.1 Å². The van der Waals surface area contributed by atoms with Gasteiger partial charge in [-0.25, -0.2) is 4.98 Å². The molecule has 3 rings (SSSR count). The third-order valence-electron chi connectivity index (χ3n) is 4.47. The maximum atomic E-state index is 12.1. The minimum atomic E-state index is -0.0363. The average molecular weight is 391 g/mol. The first-order valence-electron chi connectivity index (χ1n) is 8.55. The van der Waals surface area contributed by atoms with Crippen molar-refractivity contribution in [3.8, 4) is 0 Å². The molecule has 2 saturated heterocycles. The molecule has 0 saturated carbocycles. The van der Waals surface area contributed by atoms with E-state index in [-0.39, 0.29) is 42.9 Å². The Hall–Kier alpha value is -1.08. The van der Waals surface area contributed by atoms with Crippen LogP contribution in [0.2, 0.25) is 0 Å². The standard InChI is InChI=1S/C17H26N4O2.2ClH/c1-13-12-21(8-9-23-13)16-6-5-14(10-19-16)11-20-17(22)15-4-2-3-7-18-15;;/h5-6,10,13,15,18H,2-4,7-9,11-12H2,1H3,(H,20,22);2*1H. The number of pyridine rings is 1. The maximum absolute atomic E-state index is 12.1. The fourth-order valence-corrected chi connectivity index (χ4v) is 3.12. The monoisotopic (exact) mass is 390 g/mol. The Bertz CT molecular complexity index is 524. The molecule has 0 aliphatic carbocycles. The van der Waals surface area contributed by atoms with E-state index in [2.05, 4.69) is 27.4 Å². The van der Waals surface area contributed by atoms with Crippen molar-refractivity contribution in [3.63, 3.8) is 0 Å². The van der Waals surface area contributed by atoms with Crippen molar-refractivity contribution in [2.24, 2.45) is 0 Å². The summed E-state index contributed by atoms with van der Waals surface area (Å²) in [5.41, 5.74) is 1.03. The maximum Gasteiger partial charge on any atom is 0.237 e. The second kappa shape index (κ2) is 10.8. The molecule has 1 aromatic heterocycles. The lowest BCUT2D eigenvalue weighted by Crippen LogP contribution is -2.46. The zero-order chi connectivity index (χ0) is 16.1. The quantitative estimate of drug-likeness (QED) is 0.821. The second-order valence-corrected chi connectivity index (χ2v) is 6.37. The van der Waals surface area contributed by atoms with Crippen LogP contribution in [0.4, 0.5) is 5.82 Å². The van der Waals surface area contributed by atoms with Gasteiger partial charge in [-0.3, -0.25) is 4.79 Å². The zero-order valence-electron chi connectivity index (χ0n) is 14.6. The smallest absolute Gasteiger partial charge is 0.237 e. The predicted octanol–water partition coefficient (Wildman–Crippen LogP) is 1.91. The predicted molar refractivity (Wildman–Crippen MR) is 104 cm³/mol. The fraction of sp³-hybridized carbons (Fsp3) is 0.647. The van der Waals surface area contributed by atoms with Crippen LogP contribution in [0.3, 0.4) is 0 Å². The molecule has 0 radical (unpaired) electrons.